The number of nitrogens with zero attached hydrogens (tertiary/aromatic N) is 1. The number of benzene rings is 1. The highest BCUT2D eigenvalue weighted by molar-refractivity contribution is 7.09. The Morgan fingerprint density at radius 2 is 2.33 bits per heavy atom. The minimum Gasteiger partial charge on any atom is -0.346 e. The van der Waals surface area contributed by atoms with Crippen molar-refractivity contribution < 1.29 is 9.18 Å². The van der Waals surface area contributed by atoms with E-state index in [0.717, 1.165) is 10.7 Å². The number of carbonyl (C=O) groups is 1. The largest absolute Gasteiger partial charge is 0.346 e. The topological polar surface area (TPSA) is 68.0 Å². The summed E-state index contributed by atoms with van der Waals surface area (Å²) in [6.45, 7) is 2.38. The van der Waals surface area contributed by atoms with Gasteiger partial charge >= 0.3 is 0 Å². The number of hydrogen-bond donors (Lipinski definition) is 2. The second-order valence-electron chi connectivity index (χ2n) is 4.24. The fourth-order valence-corrected chi connectivity index (χ4v) is 2.28. The molecule has 0 bridgehead atoms. The molecule has 0 fully saturated rings. The highest BCUT2D eigenvalue weighted by Gasteiger charge is 2.09. The number of halogens is 1. The van der Waals surface area contributed by atoms with Gasteiger partial charge in [0.05, 0.1) is 29.4 Å². The number of thiazole rings is 1. The second kappa shape index (κ2) is 6.97. The number of carbonyl (C=O) groups excluding carboxylic acids is 1. The lowest BCUT2D eigenvalue weighted by molar-refractivity contribution is 0.0950. The van der Waals surface area contributed by atoms with Crippen LogP contribution < -0.4 is 11.1 Å². The first-order valence-corrected chi connectivity index (χ1v) is 7.16. The molecule has 21 heavy (non-hydrogen) atoms. The average Bonchev–Trinajstić information content (AvgIpc) is 2.89. The molecule has 0 saturated heterocycles. The van der Waals surface area contributed by atoms with Crippen molar-refractivity contribution in [2.24, 2.45) is 5.73 Å². The first-order chi connectivity index (χ1) is 10.1. The third-order valence-electron chi connectivity index (χ3n) is 2.65. The second-order valence-corrected chi connectivity index (χ2v) is 5.30. The first-order valence-electron chi connectivity index (χ1n) is 6.28. The maximum absolute atomic E-state index is 13.8. The minimum absolute atomic E-state index is 0.161. The Bertz CT molecular complexity index is 715. The van der Waals surface area contributed by atoms with Crippen LogP contribution in [0.15, 0.2) is 23.6 Å². The van der Waals surface area contributed by atoms with Crippen molar-refractivity contribution in [1.82, 2.24) is 10.3 Å². The maximum Gasteiger partial charge on any atom is 0.251 e. The summed E-state index contributed by atoms with van der Waals surface area (Å²) in [5, 5.41) is 5.52. The quantitative estimate of drug-likeness (QED) is 0.850. The van der Waals surface area contributed by atoms with E-state index in [1.165, 1.54) is 29.5 Å². The van der Waals surface area contributed by atoms with Crippen LogP contribution in [0.25, 0.3) is 0 Å². The maximum atomic E-state index is 13.8. The highest BCUT2D eigenvalue weighted by atomic mass is 32.1. The van der Waals surface area contributed by atoms with E-state index in [2.05, 4.69) is 22.1 Å². The van der Waals surface area contributed by atoms with Crippen molar-refractivity contribution >= 4 is 17.2 Å². The monoisotopic (exact) mass is 303 g/mol. The van der Waals surface area contributed by atoms with Crippen molar-refractivity contribution in [2.45, 2.75) is 13.5 Å². The van der Waals surface area contributed by atoms with Gasteiger partial charge in [-0.15, -0.1) is 11.3 Å². The summed E-state index contributed by atoms with van der Waals surface area (Å²) in [6, 6.07) is 4.17. The molecular weight excluding hydrogens is 289 g/mol. The van der Waals surface area contributed by atoms with E-state index in [0.29, 0.717) is 6.54 Å². The lowest BCUT2D eigenvalue weighted by Gasteiger charge is -2.04. The predicted molar refractivity (Wildman–Crippen MR) is 80.4 cm³/mol. The van der Waals surface area contributed by atoms with Gasteiger partial charge in [-0.25, -0.2) is 9.37 Å². The number of aryl methyl sites for hydroxylation is 1. The summed E-state index contributed by atoms with van der Waals surface area (Å²) in [6.07, 6.45) is 0. The molecule has 0 radical (unpaired) electrons. The Kier molecular flexibility index (Phi) is 5.04. The van der Waals surface area contributed by atoms with Gasteiger partial charge in [0.25, 0.3) is 5.91 Å². The number of nitrogens with one attached hydrogen (secondary N) is 1. The summed E-state index contributed by atoms with van der Waals surface area (Å²) in [5.41, 5.74) is 6.50. The van der Waals surface area contributed by atoms with E-state index in [4.69, 9.17) is 5.73 Å². The third-order valence-corrected chi connectivity index (χ3v) is 3.48. The molecule has 0 aliphatic heterocycles. The molecule has 2 aromatic rings. The standard InChI is InChI=1S/C15H14FN3OS/c1-10-19-13(9-21-10)8-18-15(20)12-5-4-11(3-2-6-17)14(16)7-12/h4-5,7,9H,6,8,17H2,1H3,(H,18,20). The van der Waals surface area contributed by atoms with Crippen molar-refractivity contribution in [3.8, 4) is 11.8 Å². The smallest absolute Gasteiger partial charge is 0.251 e. The highest BCUT2D eigenvalue weighted by Crippen LogP contribution is 2.11. The van der Waals surface area contributed by atoms with Crippen LogP contribution in [0.2, 0.25) is 0 Å². The number of rotatable bonds is 3. The van der Waals surface area contributed by atoms with Gasteiger partial charge in [-0.05, 0) is 25.1 Å². The Balaban J connectivity index is 2.04. The normalized spacial score (nSPS) is 9.86. The molecule has 6 heteroatoms. The lowest BCUT2D eigenvalue weighted by atomic mass is 10.1. The fourth-order valence-electron chi connectivity index (χ4n) is 1.67. The van der Waals surface area contributed by atoms with Crippen LogP contribution in [0.1, 0.15) is 26.6 Å². The molecule has 0 aliphatic carbocycles. The summed E-state index contributed by atoms with van der Waals surface area (Å²) in [4.78, 5) is 16.2. The zero-order valence-corrected chi connectivity index (χ0v) is 12.3. The molecule has 0 atom stereocenters. The third kappa shape index (κ3) is 4.12. The molecule has 2 rings (SSSR count). The summed E-state index contributed by atoms with van der Waals surface area (Å²) in [5.74, 6) is 4.30. The molecule has 0 spiro atoms. The average molecular weight is 303 g/mol. The van der Waals surface area contributed by atoms with Gasteiger partial charge < -0.3 is 11.1 Å². The molecule has 0 saturated carbocycles. The molecule has 1 aromatic heterocycles. The van der Waals surface area contributed by atoms with Gasteiger partial charge in [0.1, 0.15) is 5.82 Å². The van der Waals surface area contributed by atoms with Gasteiger partial charge in [-0.3, -0.25) is 4.79 Å². The number of hydrogen-bond acceptors (Lipinski definition) is 4. The van der Waals surface area contributed by atoms with Gasteiger partial charge in [0.2, 0.25) is 0 Å². The first kappa shape index (κ1) is 15.2. The van der Waals surface area contributed by atoms with E-state index in [1.54, 1.807) is 0 Å². The minimum atomic E-state index is -0.534. The molecule has 4 nitrogen and oxygen atoms in total. The SMILES string of the molecule is Cc1nc(CNC(=O)c2ccc(C#CCN)c(F)c2)cs1. The number of amides is 1. The predicted octanol–water partition coefficient (Wildman–Crippen LogP) is 1.83. The Hall–Kier alpha value is -2.23. The van der Waals surface area contributed by atoms with Crippen LogP contribution in [0.5, 0.6) is 0 Å². The molecule has 3 N–H and O–H groups in total. The van der Waals surface area contributed by atoms with Crippen LogP contribution >= 0.6 is 11.3 Å². The van der Waals surface area contributed by atoms with Gasteiger partial charge in [0, 0.05) is 10.9 Å². The zero-order chi connectivity index (χ0) is 15.2. The molecule has 1 amide bonds. The van der Waals surface area contributed by atoms with Gasteiger partial charge in [-0.1, -0.05) is 11.8 Å². The van der Waals surface area contributed by atoms with E-state index in [1.807, 2.05) is 12.3 Å². The molecule has 108 valence electrons. The van der Waals surface area contributed by atoms with Gasteiger partial charge in [-0.2, -0.15) is 0 Å². The van der Waals surface area contributed by atoms with Crippen LogP contribution in [0.4, 0.5) is 4.39 Å². The van der Waals surface area contributed by atoms with Crippen molar-refractivity contribution in [3.05, 3.63) is 51.2 Å². The molecule has 0 unspecified atom stereocenters. The summed E-state index contributed by atoms with van der Waals surface area (Å²) < 4.78 is 13.8. The van der Waals surface area contributed by atoms with Crippen LogP contribution in [0, 0.1) is 24.6 Å². The fraction of sp³-hybridized carbons (Fsp3) is 0.200. The summed E-state index contributed by atoms with van der Waals surface area (Å²) >= 11 is 1.52. The van der Waals surface area contributed by atoms with Gasteiger partial charge in [0.15, 0.2) is 0 Å². The van der Waals surface area contributed by atoms with Crippen molar-refractivity contribution in [1.29, 1.82) is 0 Å². The number of nitrogens with two attached hydrogens (primary N) is 1. The lowest BCUT2D eigenvalue weighted by Crippen LogP contribution is -2.23. The number of aromatic nitrogens is 1. The Labute approximate surface area is 126 Å². The molecule has 1 heterocycles. The Morgan fingerprint density at radius 1 is 1.52 bits per heavy atom. The molecular formula is C15H14FN3OS. The van der Waals surface area contributed by atoms with Crippen LogP contribution in [0.3, 0.4) is 0 Å². The van der Waals surface area contributed by atoms with E-state index < -0.39 is 5.82 Å². The van der Waals surface area contributed by atoms with E-state index in [9.17, 15) is 9.18 Å². The molecule has 1 aromatic carbocycles. The molecule has 0 aliphatic rings. The van der Waals surface area contributed by atoms with Crippen molar-refractivity contribution in [3.63, 3.8) is 0 Å². The van der Waals surface area contributed by atoms with E-state index in [-0.39, 0.29) is 23.6 Å². The van der Waals surface area contributed by atoms with Crippen LogP contribution in [-0.4, -0.2) is 17.4 Å². The Morgan fingerprint density at radius 3 is 2.95 bits per heavy atom. The summed E-state index contributed by atoms with van der Waals surface area (Å²) in [7, 11) is 0. The van der Waals surface area contributed by atoms with Crippen molar-refractivity contribution in [2.75, 3.05) is 6.54 Å². The van der Waals surface area contributed by atoms with E-state index >= 15 is 0 Å². The van der Waals surface area contributed by atoms with Crippen LogP contribution in [-0.2, 0) is 6.54 Å². The zero-order valence-electron chi connectivity index (χ0n) is 11.4.